The highest BCUT2D eigenvalue weighted by molar-refractivity contribution is 5.82. The van der Waals surface area contributed by atoms with E-state index >= 15 is 0 Å². The van der Waals surface area contributed by atoms with Crippen molar-refractivity contribution in [3.63, 3.8) is 0 Å². The zero-order valence-electron chi connectivity index (χ0n) is 11.3. The van der Waals surface area contributed by atoms with Gasteiger partial charge in [-0.3, -0.25) is 0 Å². The molecule has 1 aromatic rings. The number of carboxylic acid groups (broad SMARTS) is 1. The average Bonchev–Trinajstić information content (AvgIpc) is 2.42. The molecule has 1 rings (SSSR count). The fourth-order valence-corrected chi connectivity index (χ4v) is 1.63. The maximum absolute atomic E-state index is 12.0. The lowest BCUT2D eigenvalue weighted by molar-refractivity contribution is -0.141. The van der Waals surface area contributed by atoms with Crippen molar-refractivity contribution in [2.75, 3.05) is 6.54 Å². The number of nitrogens with zero attached hydrogens (tertiary/aromatic N) is 1. The Labute approximate surface area is 113 Å². The monoisotopic (exact) mass is 264 g/mol. The Balaban J connectivity index is 2.80. The number of hydrogen-bond acceptors (Lipinski definition) is 2. The molecule has 5 nitrogen and oxygen atoms in total. The van der Waals surface area contributed by atoms with Gasteiger partial charge >= 0.3 is 12.0 Å². The van der Waals surface area contributed by atoms with E-state index in [-0.39, 0.29) is 12.6 Å². The number of aliphatic carboxylic acids is 1. The third-order valence-corrected chi connectivity index (χ3v) is 2.81. The Morgan fingerprint density at radius 1 is 1.32 bits per heavy atom. The third-order valence-electron chi connectivity index (χ3n) is 2.81. The van der Waals surface area contributed by atoms with E-state index in [0.29, 0.717) is 6.54 Å². The lowest BCUT2D eigenvalue weighted by Gasteiger charge is -2.26. The first-order valence-electron chi connectivity index (χ1n) is 6.37. The van der Waals surface area contributed by atoms with Gasteiger partial charge in [-0.25, -0.2) is 9.59 Å². The van der Waals surface area contributed by atoms with Crippen LogP contribution in [-0.4, -0.2) is 34.6 Å². The molecule has 104 valence electrons. The maximum atomic E-state index is 12.0. The molecule has 19 heavy (non-hydrogen) atoms. The molecule has 0 radical (unpaired) electrons. The summed E-state index contributed by atoms with van der Waals surface area (Å²) >= 11 is 0. The van der Waals surface area contributed by atoms with Gasteiger partial charge in [-0.2, -0.15) is 0 Å². The smallest absolute Gasteiger partial charge is 0.326 e. The number of amides is 2. The van der Waals surface area contributed by atoms with Crippen molar-refractivity contribution >= 4 is 12.0 Å². The van der Waals surface area contributed by atoms with Gasteiger partial charge in [-0.05, 0) is 18.9 Å². The van der Waals surface area contributed by atoms with Crippen LogP contribution < -0.4 is 5.32 Å². The van der Waals surface area contributed by atoms with Gasteiger partial charge in [0.1, 0.15) is 6.04 Å². The van der Waals surface area contributed by atoms with Crippen LogP contribution in [0.2, 0.25) is 0 Å². The van der Waals surface area contributed by atoms with Gasteiger partial charge in [-0.1, -0.05) is 37.3 Å². The van der Waals surface area contributed by atoms with Gasteiger partial charge < -0.3 is 15.3 Å². The molecule has 1 unspecified atom stereocenters. The molecule has 0 aliphatic heterocycles. The SMILES string of the molecule is CCCNC(=O)N(Cc1ccccc1)C(C)C(=O)O. The largest absolute Gasteiger partial charge is 0.480 e. The summed E-state index contributed by atoms with van der Waals surface area (Å²) < 4.78 is 0. The predicted octanol–water partition coefficient (Wildman–Crippen LogP) is 2.08. The lowest BCUT2D eigenvalue weighted by Crippen LogP contribution is -2.47. The van der Waals surface area contributed by atoms with Crippen LogP contribution in [0, 0.1) is 0 Å². The number of urea groups is 1. The molecule has 0 saturated heterocycles. The molecule has 0 heterocycles. The standard InChI is InChI=1S/C14H20N2O3/c1-3-9-15-14(19)16(11(2)13(17)18)10-12-7-5-4-6-8-12/h4-8,11H,3,9-10H2,1-2H3,(H,15,19)(H,17,18). The van der Waals surface area contributed by atoms with Crippen molar-refractivity contribution in [3.8, 4) is 0 Å². The first-order valence-corrected chi connectivity index (χ1v) is 6.37. The zero-order chi connectivity index (χ0) is 14.3. The van der Waals surface area contributed by atoms with Crippen molar-refractivity contribution < 1.29 is 14.7 Å². The van der Waals surface area contributed by atoms with E-state index in [1.165, 1.54) is 11.8 Å². The molecule has 2 N–H and O–H groups in total. The first-order chi connectivity index (χ1) is 9.06. The second-order valence-corrected chi connectivity index (χ2v) is 4.36. The van der Waals surface area contributed by atoms with Crippen LogP contribution in [-0.2, 0) is 11.3 Å². The Bertz CT molecular complexity index is 420. The molecule has 0 aromatic heterocycles. The molecule has 1 atom stereocenters. The minimum absolute atomic E-state index is 0.282. The fourth-order valence-electron chi connectivity index (χ4n) is 1.63. The predicted molar refractivity (Wildman–Crippen MR) is 72.8 cm³/mol. The Morgan fingerprint density at radius 2 is 1.95 bits per heavy atom. The summed E-state index contributed by atoms with van der Waals surface area (Å²) in [4.78, 5) is 24.4. The van der Waals surface area contributed by atoms with E-state index in [2.05, 4.69) is 5.32 Å². The minimum Gasteiger partial charge on any atom is -0.480 e. The van der Waals surface area contributed by atoms with Crippen molar-refractivity contribution in [2.24, 2.45) is 0 Å². The molecule has 0 saturated carbocycles. The molecular formula is C14H20N2O3. The Kier molecular flexibility index (Phi) is 5.85. The summed E-state index contributed by atoms with van der Waals surface area (Å²) in [6.07, 6.45) is 0.812. The van der Waals surface area contributed by atoms with Gasteiger partial charge in [0.15, 0.2) is 0 Å². The molecule has 5 heteroatoms. The minimum atomic E-state index is -1.01. The number of carbonyl (C=O) groups is 2. The van der Waals surface area contributed by atoms with E-state index in [4.69, 9.17) is 5.11 Å². The third kappa shape index (κ3) is 4.62. The second kappa shape index (κ2) is 7.41. The highest BCUT2D eigenvalue weighted by Gasteiger charge is 2.25. The van der Waals surface area contributed by atoms with Crippen LogP contribution in [0.3, 0.4) is 0 Å². The molecular weight excluding hydrogens is 244 g/mol. The molecule has 0 aliphatic carbocycles. The van der Waals surface area contributed by atoms with E-state index in [9.17, 15) is 9.59 Å². The Hall–Kier alpha value is -2.04. The highest BCUT2D eigenvalue weighted by atomic mass is 16.4. The molecule has 1 aromatic carbocycles. The van der Waals surface area contributed by atoms with Crippen molar-refractivity contribution in [1.82, 2.24) is 10.2 Å². The fraction of sp³-hybridized carbons (Fsp3) is 0.429. The summed E-state index contributed by atoms with van der Waals surface area (Å²) in [6.45, 7) is 4.28. The van der Waals surface area contributed by atoms with Gasteiger partial charge in [0.05, 0.1) is 0 Å². The van der Waals surface area contributed by atoms with Gasteiger partial charge in [0, 0.05) is 13.1 Å². The maximum Gasteiger partial charge on any atom is 0.326 e. The molecule has 0 bridgehead atoms. The van der Waals surface area contributed by atoms with Crippen LogP contribution in [0.5, 0.6) is 0 Å². The summed E-state index contributed by atoms with van der Waals surface area (Å²) in [5.74, 6) is -1.01. The average molecular weight is 264 g/mol. The van der Waals surface area contributed by atoms with Crippen molar-refractivity contribution in [2.45, 2.75) is 32.9 Å². The van der Waals surface area contributed by atoms with E-state index in [0.717, 1.165) is 12.0 Å². The van der Waals surface area contributed by atoms with Crippen LogP contribution in [0.1, 0.15) is 25.8 Å². The topological polar surface area (TPSA) is 69.6 Å². The van der Waals surface area contributed by atoms with E-state index in [1.54, 1.807) is 0 Å². The normalized spacial score (nSPS) is 11.7. The number of benzene rings is 1. The van der Waals surface area contributed by atoms with Crippen LogP contribution in [0.15, 0.2) is 30.3 Å². The van der Waals surface area contributed by atoms with Crippen LogP contribution in [0.4, 0.5) is 4.79 Å². The van der Waals surface area contributed by atoms with Crippen LogP contribution >= 0.6 is 0 Å². The van der Waals surface area contributed by atoms with Crippen molar-refractivity contribution in [1.29, 1.82) is 0 Å². The summed E-state index contributed by atoms with van der Waals surface area (Å²) in [7, 11) is 0. The number of nitrogens with one attached hydrogen (secondary N) is 1. The van der Waals surface area contributed by atoms with Gasteiger partial charge in [0.2, 0.25) is 0 Å². The quantitative estimate of drug-likeness (QED) is 0.826. The van der Waals surface area contributed by atoms with Gasteiger partial charge in [-0.15, -0.1) is 0 Å². The van der Waals surface area contributed by atoms with E-state index in [1.807, 2.05) is 37.3 Å². The van der Waals surface area contributed by atoms with E-state index < -0.39 is 12.0 Å². The number of hydrogen-bond donors (Lipinski definition) is 2. The molecule has 0 fully saturated rings. The molecule has 2 amide bonds. The van der Waals surface area contributed by atoms with Gasteiger partial charge in [0.25, 0.3) is 0 Å². The molecule has 0 spiro atoms. The number of carbonyl (C=O) groups excluding carboxylic acids is 1. The van der Waals surface area contributed by atoms with Crippen LogP contribution in [0.25, 0.3) is 0 Å². The lowest BCUT2D eigenvalue weighted by atomic mass is 10.2. The first kappa shape index (κ1) is 15.0. The summed E-state index contributed by atoms with van der Waals surface area (Å²) in [5, 5.41) is 11.8. The second-order valence-electron chi connectivity index (χ2n) is 4.36. The van der Waals surface area contributed by atoms with Crippen molar-refractivity contribution in [3.05, 3.63) is 35.9 Å². The highest BCUT2D eigenvalue weighted by Crippen LogP contribution is 2.09. The number of rotatable bonds is 6. The zero-order valence-corrected chi connectivity index (χ0v) is 11.3. The number of carboxylic acids is 1. The summed E-state index contributed by atoms with van der Waals surface area (Å²) in [6, 6.07) is 8.14. The Morgan fingerprint density at radius 3 is 2.47 bits per heavy atom. The summed E-state index contributed by atoms with van der Waals surface area (Å²) in [5.41, 5.74) is 0.905. The molecule has 0 aliphatic rings.